The summed E-state index contributed by atoms with van der Waals surface area (Å²) in [6.45, 7) is 5.13. The maximum atomic E-state index is 12.3. The molecule has 0 spiro atoms. The zero-order valence-electron chi connectivity index (χ0n) is 14.7. The normalized spacial score (nSPS) is 11.5. The summed E-state index contributed by atoms with van der Waals surface area (Å²) in [5.41, 5.74) is 0.510. The number of hydrogen-bond acceptors (Lipinski definition) is 7. The van der Waals surface area contributed by atoms with E-state index in [2.05, 4.69) is 5.32 Å². The number of aryl methyl sites for hydroxylation is 2. The van der Waals surface area contributed by atoms with E-state index in [1.165, 1.54) is 43.6 Å². The highest BCUT2D eigenvalue weighted by atomic mass is 32.1. The molecule has 0 aliphatic heterocycles. The fourth-order valence-electron chi connectivity index (χ4n) is 2.24. The predicted octanol–water partition coefficient (Wildman–Crippen LogP) is 3.47. The van der Waals surface area contributed by atoms with E-state index < -0.39 is 22.9 Å². The molecular weight excluding hydrogens is 360 g/mol. The number of benzene rings is 1. The first-order chi connectivity index (χ1) is 12.2. The Morgan fingerprint density at radius 3 is 2.50 bits per heavy atom. The molecule has 1 aromatic carbocycles. The van der Waals surface area contributed by atoms with Crippen LogP contribution in [0.1, 0.15) is 27.0 Å². The van der Waals surface area contributed by atoms with Gasteiger partial charge in [-0.1, -0.05) is 0 Å². The Hall–Kier alpha value is -2.94. The quantitative estimate of drug-likeness (QED) is 0.468. The fourth-order valence-corrected chi connectivity index (χ4v) is 3.15. The number of esters is 1. The standard InChI is InChI=1S/C17H18N2O6S/c1-9-7-13(11(3)26-9)17(21)25-10(2)16(20)18-14-6-5-12(19(22)23)8-15(14)24-4/h5-8,10H,1-4H3,(H,18,20)/t10-/m0/s1. The molecule has 2 rings (SSSR count). The first-order valence-electron chi connectivity index (χ1n) is 7.64. The number of nitrogens with one attached hydrogen (secondary N) is 1. The molecule has 2 aromatic rings. The average Bonchev–Trinajstić information content (AvgIpc) is 2.93. The summed E-state index contributed by atoms with van der Waals surface area (Å²) in [4.78, 5) is 36.5. The van der Waals surface area contributed by atoms with Gasteiger partial charge < -0.3 is 14.8 Å². The number of carbonyl (C=O) groups is 2. The molecule has 1 atom stereocenters. The summed E-state index contributed by atoms with van der Waals surface area (Å²) < 4.78 is 10.3. The summed E-state index contributed by atoms with van der Waals surface area (Å²) in [6.07, 6.45) is -1.05. The minimum Gasteiger partial charge on any atom is -0.494 e. The van der Waals surface area contributed by atoms with Gasteiger partial charge in [0.25, 0.3) is 11.6 Å². The van der Waals surface area contributed by atoms with Crippen LogP contribution < -0.4 is 10.1 Å². The summed E-state index contributed by atoms with van der Waals surface area (Å²) in [5, 5.41) is 13.3. The number of nitrogens with zero attached hydrogens (tertiary/aromatic N) is 1. The van der Waals surface area contributed by atoms with Gasteiger partial charge in [0.1, 0.15) is 5.75 Å². The van der Waals surface area contributed by atoms with Crippen molar-refractivity contribution in [2.75, 3.05) is 12.4 Å². The molecular formula is C17H18N2O6S. The minimum absolute atomic E-state index is 0.135. The second-order valence-corrected chi connectivity index (χ2v) is 6.97. The number of hydrogen-bond donors (Lipinski definition) is 1. The number of ether oxygens (including phenoxy) is 2. The van der Waals surface area contributed by atoms with Crippen molar-refractivity contribution in [1.29, 1.82) is 0 Å². The van der Waals surface area contributed by atoms with Gasteiger partial charge in [0.15, 0.2) is 6.10 Å². The Labute approximate surface area is 153 Å². The lowest BCUT2D eigenvalue weighted by atomic mass is 10.2. The third-order valence-corrected chi connectivity index (χ3v) is 4.53. The van der Waals surface area contributed by atoms with Gasteiger partial charge in [0.2, 0.25) is 0 Å². The van der Waals surface area contributed by atoms with Gasteiger partial charge in [0, 0.05) is 15.8 Å². The van der Waals surface area contributed by atoms with Gasteiger partial charge in [-0.2, -0.15) is 0 Å². The molecule has 0 bridgehead atoms. The van der Waals surface area contributed by atoms with Crippen LogP contribution in [0.5, 0.6) is 5.75 Å². The Morgan fingerprint density at radius 2 is 1.96 bits per heavy atom. The number of rotatable bonds is 6. The second-order valence-electron chi connectivity index (χ2n) is 5.51. The first kappa shape index (κ1) is 19.4. The highest BCUT2D eigenvalue weighted by Gasteiger charge is 2.22. The molecule has 0 saturated heterocycles. The molecule has 1 aromatic heterocycles. The van der Waals surface area contributed by atoms with Gasteiger partial charge in [0.05, 0.1) is 29.4 Å². The molecule has 26 heavy (non-hydrogen) atoms. The number of amides is 1. The van der Waals surface area contributed by atoms with Crippen LogP contribution >= 0.6 is 11.3 Å². The van der Waals surface area contributed by atoms with Gasteiger partial charge in [-0.05, 0) is 32.9 Å². The van der Waals surface area contributed by atoms with E-state index in [0.29, 0.717) is 5.56 Å². The molecule has 0 radical (unpaired) electrons. The number of thiophene rings is 1. The van der Waals surface area contributed by atoms with E-state index in [-0.39, 0.29) is 17.1 Å². The van der Waals surface area contributed by atoms with Crippen LogP contribution in [0.25, 0.3) is 0 Å². The van der Waals surface area contributed by atoms with E-state index in [1.54, 1.807) is 13.0 Å². The molecule has 1 heterocycles. The average molecular weight is 378 g/mol. The number of anilines is 1. The lowest BCUT2D eigenvalue weighted by Gasteiger charge is -2.15. The van der Waals surface area contributed by atoms with E-state index in [0.717, 1.165) is 9.75 Å². The van der Waals surface area contributed by atoms with E-state index >= 15 is 0 Å². The van der Waals surface area contributed by atoms with E-state index in [1.807, 2.05) is 6.92 Å². The Bertz CT molecular complexity index is 861. The van der Waals surface area contributed by atoms with Crippen molar-refractivity contribution in [3.05, 3.63) is 49.7 Å². The summed E-state index contributed by atoms with van der Waals surface area (Å²) in [6, 6.07) is 5.51. The van der Waals surface area contributed by atoms with Gasteiger partial charge in [-0.15, -0.1) is 11.3 Å². The smallest absolute Gasteiger partial charge is 0.340 e. The number of methoxy groups -OCH3 is 1. The van der Waals surface area contributed by atoms with Gasteiger partial charge in [-0.25, -0.2) is 4.79 Å². The third kappa shape index (κ3) is 4.37. The third-order valence-electron chi connectivity index (χ3n) is 3.57. The minimum atomic E-state index is -1.05. The number of nitro benzene ring substituents is 1. The second kappa shape index (κ2) is 7.96. The number of carbonyl (C=O) groups excluding carboxylic acids is 2. The summed E-state index contributed by atoms with van der Waals surface area (Å²) in [5.74, 6) is -1.02. The SMILES string of the molecule is COc1cc([N+](=O)[O-])ccc1NC(=O)[C@H](C)OC(=O)c1cc(C)sc1C. The number of nitro groups is 1. The molecule has 0 unspecified atom stereocenters. The number of non-ortho nitro benzene ring substituents is 1. The highest BCUT2D eigenvalue weighted by Crippen LogP contribution is 2.29. The van der Waals surface area contributed by atoms with E-state index in [4.69, 9.17) is 9.47 Å². The molecule has 0 aliphatic carbocycles. The van der Waals surface area contributed by atoms with Crippen LogP contribution in [0.3, 0.4) is 0 Å². The van der Waals surface area contributed by atoms with Crippen molar-refractivity contribution < 1.29 is 24.0 Å². The molecule has 1 amide bonds. The van der Waals surface area contributed by atoms with Gasteiger partial charge >= 0.3 is 5.97 Å². The Kier molecular flexibility index (Phi) is 5.93. The zero-order chi connectivity index (χ0) is 19.4. The topological polar surface area (TPSA) is 108 Å². The van der Waals surface area contributed by atoms with Crippen molar-refractivity contribution in [1.82, 2.24) is 0 Å². The van der Waals surface area contributed by atoms with Crippen molar-refractivity contribution in [3.63, 3.8) is 0 Å². The molecule has 0 saturated carbocycles. The molecule has 0 fully saturated rings. The van der Waals surface area contributed by atoms with Crippen molar-refractivity contribution in [2.45, 2.75) is 26.9 Å². The van der Waals surface area contributed by atoms with Crippen LogP contribution in [0.15, 0.2) is 24.3 Å². The summed E-state index contributed by atoms with van der Waals surface area (Å²) >= 11 is 1.47. The van der Waals surface area contributed by atoms with Crippen molar-refractivity contribution in [3.8, 4) is 5.75 Å². The van der Waals surface area contributed by atoms with Crippen LogP contribution in [0, 0.1) is 24.0 Å². The van der Waals surface area contributed by atoms with Crippen LogP contribution in [0.4, 0.5) is 11.4 Å². The Balaban J connectivity index is 2.08. The van der Waals surface area contributed by atoms with Crippen molar-refractivity contribution >= 4 is 34.6 Å². The molecule has 0 aliphatic rings. The monoisotopic (exact) mass is 378 g/mol. The predicted molar refractivity (Wildman–Crippen MR) is 96.9 cm³/mol. The van der Waals surface area contributed by atoms with E-state index in [9.17, 15) is 19.7 Å². The molecule has 8 nitrogen and oxygen atoms in total. The zero-order valence-corrected chi connectivity index (χ0v) is 15.5. The van der Waals surface area contributed by atoms with Gasteiger partial charge in [-0.3, -0.25) is 14.9 Å². The lowest BCUT2D eigenvalue weighted by Crippen LogP contribution is -2.30. The maximum absolute atomic E-state index is 12.3. The van der Waals surface area contributed by atoms with Crippen molar-refractivity contribution in [2.24, 2.45) is 0 Å². The van der Waals surface area contributed by atoms with Crippen LogP contribution in [-0.2, 0) is 9.53 Å². The fraction of sp³-hybridized carbons (Fsp3) is 0.294. The Morgan fingerprint density at radius 1 is 1.27 bits per heavy atom. The lowest BCUT2D eigenvalue weighted by molar-refractivity contribution is -0.384. The first-order valence-corrected chi connectivity index (χ1v) is 8.46. The highest BCUT2D eigenvalue weighted by molar-refractivity contribution is 7.12. The summed E-state index contributed by atoms with van der Waals surface area (Å²) in [7, 11) is 1.33. The largest absolute Gasteiger partial charge is 0.494 e. The van der Waals surface area contributed by atoms with Crippen LogP contribution in [0.2, 0.25) is 0 Å². The molecule has 1 N–H and O–H groups in total. The van der Waals surface area contributed by atoms with Crippen LogP contribution in [-0.4, -0.2) is 30.0 Å². The maximum Gasteiger partial charge on any atom is 0.340 e. The molecule has 138 valence electrons. The molecule has 9 heteroatoms.